The van der Waals surface area contributed by atoms with Gasteiger partial charge in [-0.05, 0) is 45.3 Å². The van der Waals surface area contributed by atoms with E-state index in [1.165, 1.54) is 12.8 Å². The van der Waals surface area contributed by atoms with Gasteiger partial charge in [-0.2, -0.15) is 0 Å². The second-order valence-electron chi connectivity index (χ2n) is 6.24. The predicted octanol–water partition coefficient (Wildman–Crippen LogP) is 0.639. The number of nitrogens with one attached hydrogen (secondary N) is 3. The molecule has 0 radical (unpaired) electrons. The normalized spacial score (nSPS) is 24.3. The summed E-state index contributed by atoms with van der Waals surface area (Å²) < 4.78 is 27.6. The first-order chi connectivity index (χ1) is 10.0. The first kappa shape index (κ1) is 15.0. The third-order valence-corrected chi connectivity index (χ3v) is 5.63. The lowest BCUT2D eigenvalue weighted by molar-refractivity contribution is 0.242. The van der Waals surface area contributed by atoms with Crippen LogP contribution in [0.2, 0.25) is 0 Å². The van der Waals surface area contributed by atoms with Crippen LogP contribution in [0.1, 0.15) is 31.4 Å². The Bertz CT molecular complexity index is 580. The van der Waals surface area contributed by atoms with Gasteiger partial charge in [0.25, 0.3) is 0 Å². The molecule has 0 amide bonds. The third kappa shape index (κ3) is 4.06. The van der Waals surface area contributed by atoms with Gasteiger partial charge in [-0.3, -0.25) is 0 Å². The van der Waals surface area contributed by atoms with Crippen molar-refractivity contribution in [2.24, 2.45) is 0 Å². The van der Waals surface area contributed by atoms with Crippen molar-refractivity contribution < 1.29 is 8.42 Å². The minimum atomic E-state index is -3.42. The van der Waals surface area contributed by atoms with Crippen LogP contribution in [0.15, 0.2) is 17.2 Å². The van der Waals surface area contributed by atoms with Crippen LogP contribution in [0.25, 0.3) is 0 Å². The Balaban J connectivity index is 1.60. The average Bonchev–Trinajstić information content (AvgIpc) is 3.12. The molecule has 2 fully saturated rings. The summed E-state index contributed by atoms with van der Waals surface area (Å²) in [5.74, 6) is 0. The maximum Gasteiger partial charge on any atom is 0.242 e. The Morgan fingerprint density at radius 2 is 2.14 bits per heavy atom. The summed E-state index contributed by atoms with van der Waals surface area (Å²) in [5.41, 5.74) is 0.919. The van der Waals surface area contributed by atoms with Crippen LogP contribution in [-0.2, 0) is 16.6 Å². The van der Waals surface area contributed by atoms with E-state index in [4.69, 9.17) is 0 Å². The van der Waals surface area contributed by atoms with Gasteiger partial charge in [0, 0.05) is 37.1 Å². The van der Waals surface area contributed by atoms with Crippen molar-refractivity contribution in [2.45, 2.75) is 49.2 Å². The van der Waals surface area contributed by atoms with Gasteiger partial charge in [-0.25, -0.2) is 13.1 Å². The Hall–Kier alpha value is -0.890. The van der Waals surface area contributed by atoms with Crippen molar-refractivity contribution in [1.29, 1.82) is 0 Å². The van der Waals surface area contributed by atoms with E-state index < -0.39 is 10.0 Å². The number of nitrogens with zero attached hydrogens (tertiary/aromatic N) is 1. The molecule has 0 aromatic carbocycles. The average molecular weight is 312 g/mol. The van der Waals surface area contributed by atoms with E-state index in [1.807, 2.05) is 7.05 Å². The first-order valence-corrected chi connectivity index (χ1v) is 9.13. The fraction of sp³-hybridized carbons (Fsp3) is 0.714. The van der Waals surface area contributed by atoms with Crippen molar-refractivity contribution in [3.63, 3.8) is 0 Å². The van der Waals surface area contributed by atoms with E-state index in [1.54, 1.807) is 12.3 Å². The van der Waals surface area contributed by atoms with Gasteiger partial charge in [-0.1, -0.05) is 0 Å². The number of rotatable bonds is 6. The molecule has 2 aliphatic rings. The third-order valence-electron chi connectivity index (χ3n) is 4.13. The number of aromatic nitrogens is 1. The molecule has 1 aliphatic heterocycles. The van der Waals surface area contributed by atoms with Crippen molar-refractivity contribution >= 4 is 10.0 Å². The summed E-state index contributed by atoms with van der Waals surface area (Å²) in [5, 5.41) is 3.37. The molecule has 2 heterocycles. The molecule has 21 heavy (non-hydrogen) atoms. The Labute approximate surface area is 126 Å². The molecule has 0 spiro atoms. The summed E-state index contributed by atoms with van der Waals surface area (Å²) in [6.45, 7) is 2.52. The maximum absolute atomic E-state index is 12.4. The molecule has 7 heteroatoms. The smallest absolute Gasteiger partial charge is 0.242 e. The van der Waals surface area contributed by atoms with Crippen molar-refractivity contribution in [3.05, 3.63) is 18.0 Å². The molecule has 1 saturated heterocycles. The minimum absolute atomic E-state index is 0.0108. The molecule has 1 aliphatic carbocycles. The van der Waals surface area contributed by atoms with Gasteiger partial charge in [0.2, 0.25) is 10.0 Å². The zero-order valence-electron chi connectivity index (χ0n) is 12.4. The summed E-state index contributed by atoms with van der Waals surface area (Å²) in [7, 11) is -1.39. The highest BCUT2D eigenvalue weighted by molar-refractivity contribution is 7.89. The van der Waals surface area contributed by atoms with Crippen molar-refractivity contribution in [2.75, 3.05) is 20.1 Å². The van der Waals surface area contributed by atoms with E-state index in [2.05, 4.69) is 19.9 Å². The lowest BCUT2D eigenvalue weighted by Crippen LogP contribution is -2.46. The summed E-state index contributed by atoms with van der Waals surface area (Å²) >= 11 is 0. The van der Waals surface area contributed by atoms with Gasteiger partial charge in [0.15, 0.2) is 0 Å². The first-order valence-electron chi connectivity index (χ1n) is 7.64. The van der Waals surface area contributed by atoms with Crippen LogP contribution >= 0.6 is 0 Å². The number of hydrogen-bond donors (Lipinski definition) is 3. The second kappa shape index (κ2) is 6.08. The van der Waals surface area contributed by atoms with Crippen LogP contribution in [-0.4, -0.2) is 50.5 Å². The number of likely N-dealkylation sites (N-methyl/N-ethyl adjacent to an activating group) is 1. The van der Waals surface area contributed by atoms with Gasteiger partial charge in [0.1, 0.15) is 0 Å². The van der Waals surface area contributed by atoms with E-state index in [-0.39, 0.29) is 6.04 Å². The number of hydrogen-bond acceptors (Lipinski definition) is 4. The lowest BCUT2D eigenvalue weighted by atomic mass is 10.1. The lowest BCUT2D eigenvalue weighted by Gasteiger charge is -2.29. The van der Waals surface area contributed by atoms with E-state index in [0.29, 0.717) is 17.5 Å². The zero-order chi connectivity index (χ0) is 14.9. The minimum Gasteiger partial charge on any atom is -0.363 e. The van der Waals surface area contributed by atoms with Gasteiger partial charge >= 0.3 is 0 Å². The molecule has 1 atom stereocenters. The predicted molar refractivity (Wildman–Crippen MR) is 81.5 cm³/mol. The van der Waals surface area contributed by atoms with Gasteiger partial charge in [-0.15, -0.1) is 0 Å². The van der Waals surface area contributed by atoms with Crippen LogP contribution in [0, 0.1) is 0 Å². The second-order valence-corrected chi connectivity index (χ2v) is 7.95. The molecule has 6 nitrogen and oxygen atoms in total. The molecule has 1 aromatic heterocycles. The molecule has 118 valence electrons. The van der Waals surface area contributed by atoms with E-state index in [9.17, 15) is 8.42 Å². The molecule has 1 aromatic rings. The topological polar surface area (TPSA) is 77.2 Å². The molecule has 1 unspecified atom stereocenters. The Morgan fingerprint density at radius 1 is 1.33 bits per heavy atom. The maximum atomic E-state index is 12.4. The summed E-state index contributed by atoms with van der Waals surface area (Å²) in [6.07, 6.45) is 5.97. The molecule has 3 N–H and O–H groups in total. The largest absolute Gasteiger partial charge is 0.363 e. The van der Waals surface area contributed by atoms with E-state index >= 15 is 0 Å². The Morgan fingerprint density at radius 3 is 2.86 bits per heavy atom. The van der Waals surface area contributed by atoms with Crippen LogP contribution in [0.5, 0.6) is 0 Å². The molecule has 0 bridgehead atoms. The number of piperidine rings is 1. The number of H-pyrrole nitrogens is 1. The fourth-order valence-electron chi connectivity index (χ4n) is 2.77. The highest BCUT2D eigenvalue weighted by Crippen LogP contribution is 2.20. The highest BCUT2D eigenvalue weighted by Gasteiger charge is 2.25. The quantitative estimate of drug-likeness (QED) is 0.720. The fourth-order valence-corrected chi connectivity index (χ4v) is 4.05. The molecular weight excluding hydrogens is 288 g/mol. The van der Waals surface area contributed by atoms with Crippen LogP contribution in [0.4, 0.5) is 0 Å². The van der Waals surface area contributed by atoms with Gasteiger partial charge in [0.05, 0.1) is 4.90 Å². The highest BCUT2D eigenvalue weighted by atomic mass is 32.2. The number of sulfonamides is 1. The number of aromatic amines is 1. The van der Waals surface area contributed by atoms with Crippen molar-refractivity contribution in [1.82, 2.24) is 19.9 Å². The number of likely N-dealkylation sites (tertiary alicyclic amines) is 1. The summed E-state index contributed by atoms with van der Waals surface area (Å²) in [6, 6.07) is 2.35. The van der Waals surface area contributed by atoms with Crippen LogP contribution < -0.4 is 10.0 Å². The molecular formula is C14H24N4O2S. The SMILES string of the molecule is CN1CCCC(NS(=O)(=O)c2c[nH]c(CNC3CC3)c2)C1. The Kier molecular flexibility index (Phi) is 4.35. The molecule has 1 saturated carbocycles. The molecule has 3 rings (SSSR count). The van der Waals surface area contributed by atoms with Crippen LogP contribution in [0.3, 0.4) is 0 Å². The van der Waals surface area contributed by atoms with Gasteiger partial charge < -0.3 is 15.2 Å². The van der Waals surface area contributed by atoms with E-state index in [0.717, 1.165) is 31.6 Å². The summed E-state index contributed by atoms with van der Waals surface area (Å²) in [4.78, 5) is 5.55. The zero-order valence-corrected chi connectivity index (χ0v) is 13.2. The standard InChI is InChI=1S/C14H24N4O2S/c1-18-6-2-3-12(10-18)17-21(19,20)14-7-13(16-9-14)8-15-11-4-5-11/h7,9,11-12,15-17H,2-6,8,10H2,1H3. The van der Waals surface area contributed by atoms with Crippen molar-refractivity contribution in [3.8, 4) is 0 Å². The monoisotopic (exact) mass is 312 g/mol.